The number of carbonyl (C=O) groups excluding carboxylic acids is 1. The molecule has 3 aromatic rings. The minimum Gasteiger partial charge on any atom is -0.315 e. The normalized spacial score (nSPS) is 13.7. The number of aromatic nitrogens is 1. The first-order valence-corrected chi connectivity index (χ1v) is 11.3. The molecule has 0 unspecified atom stereocenters. The molecule has 0 saturated heterocycles. The summed E-state index contributed by atoms with van der Waals surface area (Å²) < 4.78 is 23.7. The molecule has 30 heavy (non-hydrogen) atoms. The number of amides is 1. The lowest BCUT2D eigenvalue weighted by molar-refractivity contribution is -0.131. The average molecular weight is 429 g/mol. The van der Waals surface area contributed by atoms with E-state index in [4.69, 9.17) is 5.21 Å². The lowest BCUT2D eigenvalue weighted by Crippen LogP contribution is -2.49. The van der Waals surface area contributed by atoms with Crippen molar-refractivity contribution in [3.63, 3.8) is 0 Å². The molecule has 158 valence electrons. The number of hydrogen-bond donors (Lipinski definition) is 2. The van der Waals surface area contributed by atoms with E-state index < -0.39 is 20.5 Å². The van der Waals surface area contributed by atoms with Gasteiger partial charge in [-0.2, -0.15) is 0 Å². The number of hydroxylamine groups is 1. The maximum Gasteiger partial charge on any atom is 0.264 e. The Morgan fingerprint density at radius 3 is 2.33 bits per heavy atom. The van der Waals surface area contributed by atoms with E-state index >= 15 is 0 Å². The number of pyridine rings is 1. The molecule has 0 aliphatic heterocycles. The Hall–Kier alpha value is -2.97. The second-order valence-corrected chi connectivity index (χ2v) is 10.1. The van der Waals surface area contributed by atoms with Crippen LogP contribution in [0.2, 0.25) is 0 Å². The van der Waals surface area contributed by atoms with Gasteiger partial charge in [0.2, 0.25) is 0 Å². The fraction of sp³-hybridized carbons (Fsp3) is 0.273. The van der Waals surface area contributed by atoms with E-state index in [1.165, 1.54) is 22.5 Å². The number of rotatable bonds is 6. The summed E-state index contributed by atoms with van der Waals surface area (Å²) in [6.45, 7) is 3.25. The van der Waals surface area contributed by atoms with E-state index in [0.717, 1.165) is 22.8 Å². The molecule has 8 heteroatoms. The van der Waals surface area contributed by atoms with Crippen LogP contribution in [0.5, 0.6) is 0 Å². The molecule has 1 heterocycles. The van der Waals surface area contributed by atoms with Crippen LogP contribution in [-0.2, 0) is 21.2 Å². The van der Waals surface area contributed by atoms with Gasteiger partial charge in [-0.1, -0.05) is 35.9 Å². The number of benzene rings is 2. The van der Waals surface area contributed by atoms with Crippen molar-refractivity contribution in [2.24, 2.45) is 0 Å². The predicted molar refractivity (Wildman–Crippen MR) is 116 cm³/mol. The van der Waals surface area contributed by atoms with E-state index in [-0.39, 0.29) is 18.5 Å². The highest BCUT2D eigenvalue weighted by atomic mass is 32.2. The van der Waals surface area contributed by atoms with Crippen LogP contribution in [-0.4, -0.2) is 35.1 Å². The average Bonchev–Trinajstić information content (AvgIpc) is 2.72. The molecule has 0 spiro atoms. The first-order chi connectivity index (χ1) is 14.1. The largest absolute Gasteiger partial charge is 0.315 e. The van der Waals surface area contributed by atoms with Gasteiger partial charge < -0.3 is 4.57 Å². The zero-order valence-electron chi connectivity index (χ0n) is 17.0. The first-order valence-electron chi connectivity index (χ1n) is 9.41. The second-order valence-electron chi connectivity index (χ2n) is 7.68. The molecule has 2 aromatic carbocycles. The van der Waals surface area contributed by atoms with Crippen molar-refractivity contribution in [2.45, 2.75) is 31.6 Å². The van der Waals surface area contributed by atoms with E-state index in [0.29, 0.717) is 5.39 Å². The lowest BCUT2D eigenvalue weighted by atomic mass is 10.0. The molecule has 0 aliphatic carbocycles. The highest BCUT2D eigenvalue weighted by Gasteiger charge is 2.43. The quantitative estimate of drug-likeness (QED) is 0.464. The van der Waals surface area contributed by atoms with Crippen molar-refractivity contribution < 1.29 is 18.4 Å². The van der Waals surface area contributed by atoms with Crippen molar-refractivity contribution in [2.75, 3.05) is 6.26 Å². The highest BCUT2D eigenvalue weighted by Crippen LogP contribution is 2.25. The van der Waals surface area contributed by atoms with E-state index in [1.807, 2.05) is 43.3 Å². The summed E-state index contributed by atoms with van der Waals surface area (Å²) >= 11 is 0. The second kappa shape index (κ2) is 8.04. The Morgan fingerprint density at radius 1 is 1.10 bits per heavy atom. The zero-order valence-corrected chi connectivity index (χ0v) is 17.9. The molecule has 0 aliphatic rings. The lowest BCUT2D eigenvalue weighted by Gasteiger charge is -2.25. The van der Waals surface area contributed by atoms with E-state index in [1.54, 1.807) is 18.3 Å². The van der Waals surface area contributed by atoms with Crippen LogP contribution in [0, 0.1) is 6.92 Å². The SMILES string of the molecule is Cc1ccc(-c2ccc3c(=O)n(CC[C@](C)(C(=O)NO)S(C)(=O)=O)ccc3c2)cc1. The molecular formula is C22H24N2O5S. The third-order valence-electron chi connectivity index (χ3n) is 5.59. The summed E-state index contributed by atoms with van der Waals surface area (Å²) in [6.07, 6.45) is 2.35. The van der Waals surface area contributed by atoms with Crippen LogP contribution in [0.1, 0.15) is 18.9 Å². The summed E-state index contributed by atoms with van der Waals surface area (Å²) in [4.78, 5) is 24.9. The molecular weight excluding hydrogens is 404 g/mol. The van der Waals surface area contributed by atoms with Gasteiger partial charge in [-0.05, 0) is 55.0 Å². The van der Waals surface area contributed by atoms with Gasteiger partial charge in [0.1, 0.15) is 0 Å². The van der Waals surface area contributed by atoms with Crippen LogP contribution >= 0.6 is 0 Å². The minimum atomic E-state index is -3.83. The van der Waals surface area contributed by atoms with E-state index in [2.05, 4.69) is 0 Å². The van der Waals surface area contributed by atoms with Gasteiger partial charge in [0.25, 0.3) is 11.5 Å². The fourth-order valence-corrected chi connectivity index (χ4v) is 4.15. The molecule has 0 radical (unpaired) electrons. The third kappa shape index (κ3) is 4.01. The Bertz CT molecular complexity index is 1260. The number of nitrogens with one attached hydrogen (secondary N) is 1. The molecule has 2 N–H and O–H groups in total. The number of sulfone groups is 1. The molecule has 1 amide bonds. The van der Waals surface area contributed by atoms with Crippen molar-refractivity contribution in [1.29, 1.82) is 0 Å². The first kappa shape index (κ1) is 21.7. The maximum atomic E-state index is 12.9. The topological polar surface area (TPSA) is 105 Å². The van der Waals surface area contributed by atoms with Gasteiger partial charge in [-0.15, -0.1) is 0 Å². The minimum absolute atomic E-state index is 0.00543. The molecule has 7 nitrogen and oxygen atoms in total. The number of hydrogen-bond acceptors (Lipinski definition) is 5. The van der Waals surface area contributed by atoms with Crippen LogP contribution < -0.4 is 11.0 Å². The molecule has 0 fully saturated rings. The van der Waals surface area contributed by atoms with Crippen LogP contribution in [0.4, 0.5) is 0 Å². The molecule has 0 bridgehead atoms. The summed E-state index contributed by atoms with van der Waals surface area (Å²) in [7, 11) is -3.83. The highest BCUT2D eigenvalue weighted by molar-refractivity contribution is 7.92. The van der Waals surface area contributed by atoms with Crippen LogP contribution in [0.15, 0.2) is 59.5 Å². The smallest absolute Gasteiger partial charge is 0.264 e. The van der Waals surface area contributed by atoms with Gasteiger partial charge in [-0.3, -0.25) is 14.8 Å². The van der Waals surface area contributed by atoms with Gasteiger partial charge in [0, 0.05) is 24.4 Å². The third-order valence-corrected chi connectivity index (χ3v) is 7.62. The molecule has 1 aromatic heterocycles. The number of carbonyl (C=O) groups is 1. The summed E-state index contributed by atoms with van der Waals surface area (Å²) in [6, 6.07) is 15.4. The Labute approximate surface area is 174 Å². The van der Waals surface area contributed by atoms with Gasteiger partial charge in [-0.25, -0.2) is 13.9 Å². The van der Waals surface area contributed by atoms with Gasteiger partial charge in [0.05, 0.1) is 0 Å². The summed E-state index contributed by atoms with van der Waals surface area (Å²) in [5, 5.41) is 10.2. The standard InChI is InChI=1S/C22H24N2O5S/c1-15-4-6-16(7-5-15)17-8-9-19-18(14-17)10-12-24(20(19)25)13-11-22(2,21(26)23-27)30(3,28)29/h4-10,12,14,27H,11,13H2,1-3H3,(H,23,26)/t22-/m1/s1. The number of aryl methyl sites for hydroxylation is 2. The Balaban J connectivity index is 1.94. The van der Waals surface area contributed by atoms with E-state index in [9.17, 15) is 18.0 Å². The maximum absolute atomic E-state index is 12.9. The Kier molecular flexibility index (Phi) is 5.83. The van der Waals surface area contributed by atoms with Crippen LogP contribution in [0.25, 0.3) is 21.9 Å². The van der Waals surface area contributed by atoms with Crippen molar-refractivity contribution >= 4 is 26.5 Å². The number of nitrogens with zero attached hydrogens (tertiary/aromatic N) is 1. The molecule has 0 saturated carbocycles. The summed E-state index contributed by atoms with van der Waals surface area (Å²) in [5.41, 5.74) is 4.34. The summed E-state index contributed by atoms with van der Waals surface area (Å²) in [5.74, 6) is -1.03. The van der Waals surface area contributed by atoms with Crippen molar-refractivity contribution in [3.05, 3.63) is 70.6 Å². The van der Waals surface area contributed by atoms with Crippen molar-refractivity contribution in [1.82, 2.24) is 10.0 Å². The van der Waals surface area contributed by atoms with Crippen molar-refractivity contribution in [3.8, 4) is 11.1 Å². The molecule has 1 atom stereocenters. The Morgan fingerprint density at radius 2 is 1.73 bits per heavy atom. The zero-order chi connectivity index (χ0) is 22.1. The van der Waals surface area contributed by atoms with Gasteiger partial charge >= 0.3 is 0 Å². The van der Waals surface area contributed by atoms with Crippen LogP contribution in [0.3, 0.4) is 0 Å². The predicted octanol–water partition coefficient (Wildman–Crippen LogP) is 2.68. The fourth-order valence-electron chi connectivity index (χ4n) is 3.31. The number of fused-ring (bicyclic) bond motifs is 1. The molecule has 3 rings (SSSR count). The monoisotopic (exact) mass is 428 g/mol. The van der Waals surface area contributed by atoms with Gasteiger partial charge in [0.15, 0.2) is 14.6 Å².